The highest BCUT2D eigenvalue weighted by molar-refractivity contribution is 7.99. The van der Waals surface area contributed by atoms with Crippen LogP contribution >= 0.6 is 11.8 Å². The van der Waals surface area contributed by atoms with E-state index < -0.39 is 0 Å². The lowest BCUT2D eigenvalue weighted by molar-refractivity contribution is -0.134. The lowest BCUT2D eigenvalue weighted by atomic mass is 10.2. The van der Waals surface area contributed by atoms with Gasteiger partial charge in [0.05, 0.1) is 7.11 Å². The number of benzene rings is 1. The Labute approximate surface area is 116 Å². The van der Waals surface area contributed by atoms with Gasteiger partial charge in [0.1, 0.15) is 5.03 Å². The topological polar surface area (TPSA) is 39.2 Å². The Hall–Kier alpha value is -2.07. The van der Waals surface area contributed by atoms with Crippen molar-refractivity contribution in [1.82, 2.24) is 4.98 Å². The van der Waals surface area contributed by atoms with Gasteiger partial charge in [-0.3, -0.25) is 0 Å². The molecular weight excluding hydrogens is 258 g/mol. The van der Waals surface area contributed by atoms with Crippen LogP contribution in [0.3, 0.4) is 0 Å². The third-order valence-electron chi connectivity index (χ3n) is 2.37. The zero-order valence-corrected chi connectivity index (χ0v) is 11.3. The highest BCUT2D eigenvalue weighted by atomic mass is 32.2. The summed E-state index contributed by atoms with van der Waals surface area (Å²) in [6.45, 7) is 0. The molecule has 19 heavy (non-hydrogen) atoms. The molecule has 0 aliphatic heterocycles. The lowest BCUT2D eigenvalue weighted by Crippen LogP contribution is -1.93. The second-order valence-corrected chi connectivity index (χ2v) is 4.73. The molecule has 0 saturated heterocycles. The first-order chi connectivity index (χ1) is 9.29. The minimum atomic E-state index is -0.363. The van der Waals surface area contributed by atoms with Crippen LogP contribution in [-0.2, 0) is 9.53 Å². The highest BCUT2D eigenvalue weighted by Gasteiger charge is 2.02. The zero-order chi connectivity index (χ0) is 13.5. The maximum atomic E-state index is 11.1. The predicted molar refractivity (Wildman–Crippen MR) is 75.9 cm³/mol. The van der Waals surface area contributed by atoms with E-state index in [0.717, 1.165) is 15.5 Å². The molecule has 0 bridgehead atoms. The van der Waals surface area contributed by atoms with Crippen LogP contribution in [0.4, 0.5) is 0 Å². The molecule has 1 heterocycles. The smallest absolute Gasteiger partial charge is 0.330 e. The van der Waals surface area contributed by atoms with Gasteiger partial charge < -0.3 is 4.74 Å². The van der Waals surface area contributed by atoms with E-state index in [1.807, 2.05) is 42.5 Å². The van der Waals surface area contributed by atoms with Gasteiger partial charge in [0.25, 0.3) is 0 Å². The number of ether oxygens (including phenoxy) is 1. The Morgan fingerprint density at radius 1 is 1.21 bits per heavy atom. The molecule has 2 aromatic rings. The number of aromatic nitrogens is 1. The Balaban J connectivity index is 2.21. The summed E-state index contributed by atoms with van der Waals surface area (Å²) in [5.41, 5.74) is 0.962. The van der Waals surface area contributed by atoms with Gasteiger partial charge in [-0.05, 0) is 29.8 Å². The van der Waals surface area contributed by atoms with E-state index in [2.05, 4.69) is 9.72 Å². The first kappa shape index (κ1) is 13.4. The van der Waals surface area contributed by atoms with Gasteiger partial charge in [-0.15, -0.1) is 0 Å². The van der Waals surface area contributed by atoms with Gasteiger partial charge in [-0.2, -0.15) is 0 Å². The van der Waals surface area contributed by atoms with Crippen molar-refractivity contribution in [2.75, 3.05) is 7.11 Å². The standard InChI is InChI=1S/C15H13NO2S/c1-18-15(17)10-9-12-6-2-3-7-13(12)19-14-8-4-5-11-16-14/h2-11H,1H3/b10-9+. The fourth-order valence-corrected chi connectivity index (χ4v) is 2.34. The quantitative estimate of drug-likeness (QED) is 0.631. The van der Waals surface area contributed by atoms with Crippen molar-refractivity contribution in [2.24, 2.45) is 0 Å². The number of carbonyl (C=O) groups excluding carboxylic acids is 1. The highest BCUT2D eigenvalue weighted by Crippen LogP contribution is 2.29. The second kappa shape index (κ2) is 6.75. The summed E-state index contributed by atoms with van der Waals surface area (Å²) in [6, 6.07) is 13.6. The van der Waals surface area contributed by atoms with Crippen LogP contribution in [0.2, 0.25) is 0 Å². The molecule has 0 amide bonds. The number of pyridine rings is 1. The Kier molecular flexibility index (Phi) is 4.75. The van der Waals surface area contributed by atoms with Crippen LogP contribution in [0, 0.1) is 0 Å². The maximum Gasteiger partial charge on any atom is 0.330 e. The average molecular weight is 271 g/mol. The average Bonchev–Trinajstić information content (AvgIpc) is 2.47. The van der Waals surface area contributed by atoms with Crippen molar-refractivity contribution in [2.45, 2.75) is 9.92 Å². The van der Waals surface area contributed by atoms with E-state index in [4.69, 9.17) is 0 Å². The van der Waals surface area contributed by atoms with Gasteiger partial charge in [0.2, 0.25) is 0 Å². The van der Waals surface area contributed by atoms with E-state index in [-0.39, 0.29) is 5.97 Å². The lowest BCUT2D eigenvalue weighted by Gasteiger charge is -2.04. The normalized spacial score (nSPS) is 10.6. The van der Waals surface area contributed by atoms with Gasteiger partial charge >= 0.3 is 5.97 Å². The monoisotopic (exact) mass is 271 g/mol. The minimum Gasteiger partial charge on any atom is -0.466 e. The van der Waals surface area contributed by atoms with E-state index in [1.54, 1.807) is 24.0 Å². The summed E-state index contributed by atoms with van der Waals surface area (Å²) in [7, 11) is 1.36. The van der Waals surface area contributed by atoms with Crippen LogP contribution < -0.4 is 0 Å². The number of esters is 1. The molecular formula is C15H13NO2S. The first-order valence-electron chi connectivity index (χ1n) is 5.73. The summed E-state index contributed by atoms with van der Waals surface area (Å²) in [5.74, 6) is -0.363. The summed E-state index contributed by atoms with van der Waals surface area (Å²) in [4.78, 5) is 16.4. The molecule has 0 radical (unpaired) electrons. The van der Waals surface area contributed by atoms with Crippen molar-refractivity contribution >= 4 is 23.8 Å². The van der Waals surface area contributed by atoms with Crippen molar-refractivity contribution in [3.8, 4) is 0 Å². The molecule has 3 nitrogen and oxygen atoms in total. The fourth-order valence-electron chi connectivity index (χ4n) is 1.46. The summed E-state index contributed by atoms with van der Waals surface area (Å²) in [5, 5.41) is 0.918. The molecule has 1 aromatic carbocycles. The fraction of sp³-hybridized carbons (Fsp3) is 0.0667. The van der Waals surface area contributed by atoms with E-state index in [9.17, 15) is 4.79 Å². The summed E-state index contributed by atoms with van der Waals surface area (Å²) in [6.07, 6.45) is 4.92. The molecule has 1 aromatic heterocycles. The van der Waals surface area contributed by atoms with Gasteiger partial charge in [-0.25, -0.2) is 9.78 Å². The van der Waals surface area contributed by atoms with E-state index >= 15 is 0 Å². The molecule has 96 valence electrons. The molecule has 0 fully saturated rings. The number of nitrogens with zero attached hydrogens (tertiary/aromatic N) is 1. The number of carbonyl (C=O) groups is 1. The Morgan fingerprint density at radius 3 is 2.74 bits per heavy atom. The largest absolute Gasteiger partial charge is 0.466 e. The minimum absolute atomic E-state index is 0.363. The third-order valence-corrected chi connectivity index (χ3v) is 3.41. The van der Waals surface area contributed by atoms with Crippen LogP contribution in [-0.4, -0.2) is 18.1 Å². The number of hydrogen-bond acceptors (Lipinski definition) is 4. The molecule has 0 atom stereocenters. The van der Waals surface area contributed by atoms with Crippen molar-refractivity contribution < 1.29 is 9.53 Å². The third kappa shape index (κ3) is 3.96. The summed E-state index contributed by atoms with van der Waals surface area (Å²) >= 11 is 1.56. The van der Waals surface area contributed by atoms with Gasteiger partial charge in [-0.1, -0.05) is 36.0 Å². The van der Waals surface area contributed by atoms with Gasteiger partial charge in [0, 0.05) is 17.2 Å². The molecule has 0 N–H and O–H groups in total. The number of hydrogen-bond donors (Lipinski definition) is 0. The molecule has 4 heteroatoms. The first-order valence-corrected chi connectivity index (χ1v) is 6.55. The number of methoxy groups -OCH3 is 1. The predicted octanol–water partition coefficient (Wildman–Crippen LogP) is 3.42. The second-order valence-electron chi connectivity index (χ2n) is 3.66. The number of rotatable bonds is 4. The van der Waals surface area contributed by atoms with E-state index in [1.165, 1.54) is 13.2 Å². The van der Waals surface area contributed by atoms with Crippen molar-refractivity contribution in [3.05, 3.63) is 60.3 Å². The van der Waals surface area contributed by atoms with Crippen LogP contribution in [0.5, 0.6) is 0 Å². The van der Waals surface area contributed by atoms with Crippen LogP contribution in [0.25, 0.3) is 6.08 Å². The molecule has 0 aliphatic carbocycles. The zero-order valence-electron chi connectivity index (χ0n) is 10.4. The summed E-state index contributed by atoms with van der Waals surface area (Å²) < 4.78 is 4.59. The van der Waals surface area contributed by atoms with Crippen LogP contribution in [0.1, 0.15) is 5.56 Å². The molecule has 0 saturated carbocycles. The SMILES string of the molecule is COC(=O)/C=C/c1ccccc1Sc1ccccn1. The molecule has 0 unspecified atom stereocenters. The Bertz CT molecular complexity index is 582. The molecule has 2 rings (SSSR count). The van der Waals surface area contributed by atoms with Gasteiger partial charge in [0.15, 0.2) is 0 Å². The molecule has 0 aliphatic rings. The maximum absolute atomic E-state index is 11.1. The van der Waals surface area contributed by atoms with Crippen LogP contribution in [0.15, 0.2) is 64.7 Å². The molecule has 0 spiro atoms. The van der Waals surface area contributed by atoms with E-state index in [0.29, 0.717) is 0 Å². The van der Waals surface area contributed by atoms with Crippen molar-refractivity contribution in [3.63, 3.8) is 0 Å². The Morgan fingerprint density at radius 2 is 2.00 bits per heavy atom. The van der Waals surface area contributed by atoms with Crippen molar-refractivity contribution in [1.29, 1.82) is 0 Å².